The summed E-state index contributed by atoms with van der Waals surface area (Å²) in [7, 11) is 0. The number of para-hydroxylation sites is 1. The molecule has 0 unspecified atom stereocenters. The fourth-order valence-electron chi connectivity index (χ4n) is 3.38. The lowest BCUT2D eigenvalue weighted by atomic mass is 9.93. The molecule has 1 aromatic rings. The second-order valence-corrected chi connectivity index (χ2v) is 5.98. The van der Waals surface area contributed by atoms with Crippen molar-refractivity contribution in [1.82, 2.24) is 15.1 Å². The van der Waals surface area contributed by atoms with Crippen LogP contribution in [0.2, 0.25) is 0 Å². The zero-order chi connectivity index (χ0) is 15.6. The first-order valence-electron chi connectivity index (χ1n) is 7.76. The zero-order valence-corrected chi connectivity index (χ0v) is 12.8. The van der Waals surface area contributed by atoms with Gasteiger partial charge in [0.25, 0.3) is 0 Å². The van der Waals surface area contributed by atoms with Crippen LogP contribution in [-0.2, 0) is 4.79 Å². The summed E-state index contributed by atoms with van der Waals surface area (Å²) in [6, 6.07) is 9.40. The Labute approximate surface area is 130 Å². The molecule has 2 heterocycles. The molecule has 118 valence electrons. The molecular formula is C16H22N4O2. The number of likely N-dealkylation sites (tertiary alicyclic amines) is 1. The number of rotatable bonds is 2. The molecule has 2 fully saturated rings. The van der Waals surface area contributed by atoms with Gasteiger partial charge in [0.05, 0.1) is 12.1 Å². The summed E-state index contributed by atoms with van der Waals surface area (Å²) in [5, 5.41) is 5.88. The average molecular weight is 302 g/mol. The minimum atomic E-state index is -0.114. The summed E-state index contributed by atoms with van der Waals surface area (Å²) in [5.74, 6) is 0.0691. The van der Waals surface area contributed by atoms with Crippen LogP contribution in [0.15, 0.2) is 30.3 Å². The van der Waals surface area contributed by atoms with Gasteiger partial charge in [-0.1, -0.05) is 25.1 Å². The third-order valence-electron chi connectivity index (χ3n) is 4.65. The Hall–Kier alpha value is -2.08. The third-order valence-corrected chi connectivity index (χ3v) is 4.65. The van der Waals surface area contributed by atoms with E-state index in [-0.39, 0.29) is 17.5 Å². The molecule has 6 heteroatoms. The number of hydrogen-bond donors (Lipinski definition) is 2. The standard InChI is InChI=1S/C16H22N4O2/c1-2-20-10-14(21)17-11-16(20)8-9-19(12-16)15(22)18-13-6-4-3-5-7-13/h3-7H,2,8-12H2,1H3,(H,17,21)(H,18,22)/t16-/m0/s1. The van der Waals surface area contributed by atoms with Crippen molar-refractivity contribution in [3.8, 4) is 0 Å². The molecule has 1 spiro atoms. The maximum atomic E-state index is 12.4. The Morgan fingerprint density at radius 2 is 2.14 bits per heavy atom. The van der Waals surface area contributed by atoms with Gasteiger partial charge in [-0.2, -0.15) is 0 Å². The first-order chi connectivity index (χ1) is 10.6. The van der Waals surface area contributed by atoms with Crippen molar-refractivity contribution >= 4 is 17.6 Å². The number of carbonyl (C=O) groups is 2. The van der Waals surface area contributed by atoms with Gasteiger partial charge in [0.2, 0.25) is 5.91 Å². The number of hydrogen-bond acceptors (Lipinski definition) is 3. The molecule has 0 radical (unpaired) electrons. The van der Waals surface area contributed by atoms with Crippen LogP contribution in [0.3, 0.4) is 0 Å². The van der Waals surface area contributed by atoms with Gasteiger partial charge < -0.3 is 15.5 Å². The monoisotopic (exact) mass is 302 g/mol. The lowest BCUT2D eigenvalue weighted by Crippen LogP contribution is -2.64. The number of amides is 3. The van der Waals surface area contributed by atoms with Crippen LogP contribution in [0.25, 0.3) is 0 Å². The van der Waals surface area contributed by atoms with Gasteiger partial charge in [-0.25, -0.2) is 4.79 Å². The largest absolute Gasteiger partial charge is 0.353 e. The SMILES string of the molecule is CCN1CC(=O)NC[C@]12CCN(C(=O)Nc1ccccc1)C2. The Bertz CT molecular complexity index is 563. The lowest BCUT2D eigenvalue weighted by molar-refractivity contribution is -0.128. The lowest BCUT2D eigenvalue weighted by Gasteiger charge is -2.43. The number of piperazine rings is 1. The highest BCUT2D eigenvalue weighted by Gasteiger charge is 2.46. The number of anilines is 1. The number of nitrogens with zero attached hydrogens (tertiary/aromatic N) is 2. The molecule has 3 amide bonds. The van der Waals surface area contributed by atoms with Crippen LogP contribution in [0, 0.1) is 0 Å². The maximum absolute atomic E-state index is 12.4. The molecule has 0 aliphatic carbocycles. The summed E-state index contributed by atoms with van der Waals surface area (Å²) in [4.78, 5) is 28.0. The summed E-state index contributed by atoms with van der Waals surface area (Å²) in [5.41, 5.74) is 0.689. The zero-order valence-electron chi connectivity index (χ0n) is 12.8. The normalized spacial score (nSPS) is 25.3. The number of carbonyl (C=O) groups excluding carboxylic acids is 2. The van der Waals surface area contributed by atoms with Crippen LogP contribution >= 0.6 is 0 Å². The van der Waals surface area contributed by atoms with E-state index in [1.807, 2.05) is 35.2 Å². The van der Waals surface area contributed by atoms with Crippen LogP contribution in [-0.4, -0.2) is 60.0 Å². The van der Waals surface area contributed by atoms with Crippen molar-refractivity contribution in [1.29, 1.82) is 0 Å². The molecule has 0 bridgehead atoms. The molecule has 6 nitrogen and oxygen atoms in total. The number of likely N-dealkylation sites (N-methyl/N-ethyl adjacent to an activating group) is 1. The predicted octanol–water partition coefficient (Wildman–Crippen LogP) is 1.11. The maximum Gasteiger partial charge on any atom is 0.321 e. The molecule has 1 aromatic carbocycles. The highest BCUT2D eigenvalue weighted by atomic mass is 16.2. The first kappa shape index (κ1) is 14.8. The van der Waals surface area contributed by atoms with Gasteiger partial charge in [-0.15, -0.1) is 0 Å². The Morgan fingerprint density at radius 1 is 1.36 bits per heavy atom. The number of benzene rings is 1. The third kappa shape index (κ3) is 2.78. The van der Waals surface area contributed by atoms with E-state index >= 15 is 0 Å². The van der Waals surface area contributed by atoms with E-state index in [1.165, 1.54) is 0 Å². The van der Waals surface area contributed by atoms with Gasteiger partial charge >= 0.3 is 6.03 Å². The van der Waals surface area contributed by atoms with Crippen LogP contribution < -0.4 is 10.6 Å². The van der Waals surface area contributed by atoms with Crippen molar-refractivity contribution < 1.29 is 9.59 Å². The van der Waals surface area contributed by atoms with Gasteiger partial charge in [-0.3, -0.25) is 9.69 Å². The van der Waals surface area contributed by atoms with Gasteiger partial charge in [0.15, 0.2) is 0 Å². The molecule has 1 atom stereocenters. The van der Waals surface area contributed by atoms with Gasteiger partial charge in [-0.05, 0) is 25.1 Å². The minimum absolute atomic E-state index is 0.0691. The van der Waals surface area contributed by atoms with Crippen molar-refractivity contribution in [2.75, 3.05) is 38.0 Å². The van der Waals surface area contributed by atoms with E-state index in [9.17, 15) is 9.59 Å². The van der Waals surface area contributed by atoms with Crippen molar-refractivity contribution in [3.63, 3.8) is 0 Å². The van der Waals surface area contributed by atoms with E-state index in [0.29, 0.717) is 26.2 Å². The summed E-state index contributed by atoms with van der Waals surface area (Å²) < 4.78 is 0. The van der Waals surface area contributed by atoms with Crippen molar-refractivity contribution in [2.45, 2.75) is 18.9 Å². The van der Waals surface area contributed by atoms with Crippen LogP contribution in [0.4, 0.5) is 10.5 Å². The highest BCUT2D eigenvalue weighted by Crippen LogP contribution is 2.29. The van der Waals surface area contributed by atoms with Crippen LogP contribution in [0.1, 0.15) is 13.3 Å². The van der Waals surface area contributed by atoms with E-state index in [2.05, 4.69) is 22.5 Å². The molecule has 2 aliphatic rings. The minimum Gasteiger partial charge on any atom is -0.353 e. The smallest absolute Gasteiger partial charge is 0.321 e. The Kier molecular flexibility index (Phi) is 4.02. The number of nitrogens with one attached hydrogen (secondary N) is 2. The van der Waals surface area contributed by atoms with E-state index < -0.39 is 0 Å². The van der Waals surface area contributed by atoms with Gasteiger partial charge in [0, 0.05) is 25.3 Å². The fourth-order valence-corrected chi connectivity index (χ4v) is 3.38. The molecule has 2 N–H and O–H groups in total. The topological polar surface area (TPSA) is 64.7 Å². The second-order valence-electron chi connectivity index (χ2n) is 5.98. The highest BCUT2D eigenvalue weighted by molar-refractivity contribution is 5.89. The van der Waals surface area contributed by atoms with E-state index in [4.69, 9.17) is 0 Å². The summed E-state index contributed by atoms with van der Waals surface area (Å²) in [6.07, 6.45) is 0.892. The second kappa shape index (κ2) is 5.96. The molecule has 0 saturated carbocycles. The van der Waals surface area contributed by atoms with E-state index in [0.717, 1.165) is 18.7 Å². The van der Waals surface area contributed by atoms with Gasteiger partial charge in [0.1, 0.15) is 0 Å². The van der Waals surface area contributed by atoms with E-state index in [1.54, 1.807) is 0 Å². The molecular weight excluding hydrogens is 280 g/mol. The predicted molar refractivity (Wildman–Crippen MR) is 84.6 cm³/mol. The number of urea groups is 1. The molecule has 22 heavy (non-hydrogen) atoms. The van der Waals surface area contributed by atoms with Crippen molar-refractivity contribution in [2.24, 2.45) is 0 Å². The summed E-state index contributed by atoms with van der Waals surface area (Å²) in [6.45, 7) is 5.29. The fraction of sp³-hybridized carbons (Fsp3) is 0.500. The van der Waals surface area contributed by atoms with Crippen molar-refractivity contribution in [3.05, 3.63) is 30.3 Å². The summed E-state index contributed by atoms with van der Waals surface area (Å²) >= 11 is 0. The van der Waals surface area contributed by atoms with Crippen LogP contribution in [0.5, 0.6) is 0 Å². The Balaban J connectivity index is 1.66. The Morgan fingerprint density at radius 3 is 2.86 bits per heavy atom. The quantitative estimate of drug-likeness (QED) is 0.860. The molecule has 0 aromatic heterocycles. The molecule has 3 rings (SSSR count). The average Bonchev–Trinajstić information content (AvgIpc) is 2.96. The molecule has 2 aliphatic heterocycles. The first-order valence-corrected chi connectivity index (χ1v) is 7.76. The molecule has 2 saturated heterocycles.